The summed E-state index contributed by atoms with van der Waals surface area (Å²) in [5.74, 6) is 0.322. The van der Waals surface area contributed by atoms with E-state index in [2.05, 4.69) is 24.1 Å². The van der Waals surface area contributed by atoms with E-state index in [4.69, 9.17) is 0 Å². The molecule has 0 bridgehead atoms. The second-order valence-corrected chi connectivity index (χ2v) is 4.43. The number of nitrogens with one attached hydrogen (secondary N) is 1. The van der Waals surface area contributed by atoms with Crippen molar-refractivity contribution in [3.63, 3.8) is 0 Å². The molecule has 0 saturated carbocycles. The van der Waals surface area contributed by atoms with Crippen molar-refractivity contribution in [2.45, 2.75) is 45.1 Å². The minimum Gasteiger partial charge on any atom is -0.336 e. The van der Waals surface area contributed by atoms with Crippen molar-refractivity contribution in [3.8, 4) is 0 Å². The van der Waals surface area contributed by atoms with Gasteiger partial charge in [0.15, 0.2) is 0 Å². The van der Waals surface area contributed by atoms with E-state index in [1.54, 1.807) is 0 Å². The fraction of sp³-hybridized carbons (Fsp3) is 0.909. The third kappa shape index (κ3) is 2.27. The van der Waals surface area contributed by atoms with Crippen LogP contribution in [0.1, 0.15) is 39.5 Å². The van der Waals surface area contributed by atoms with Gasteiger partial charge in [0.1, 0.15) is 0 Å². The van der Waals surface area contributed by atoms with Crippen molar-refractivity contribution in [1.29, 1.82) is 0 Å². The molecule has 82 valence electrons. The Kier molecular flexibility index (Phi) is 3.93. The number of carbonyl (C=O) groups excluding carboxylic acids is 1. The Morgan fingerprint density at radius 3 is 2.86 bits per heavy atom. The van der Waals surface area contributed by atoms with Gasteiger partial charge in [-0.25, -0.2) is 0 Å². The lowest BCUT2D eigenvalue weighted by atomic mass is 9.98. The fourth-order valence-corrected chi connectivity index (χ4v) is 2.36. The molecule has 1 aliphatic heterocycles. The van der Waals surface area contributed by atoms with Crippen LogP contribution in [0.4, 0.5) is 0 Å². The molecule has 1 rings (SSSR count). The van der Waals surface area contributed by atoms with E-state index < -0.39 is 0 Å². The van der Waals surface area contributed by atoms with Gasteiger partial charge in [-0.15, -0.1) is 0 Å². The van der Waals surface area contributed by atoms with Gasteiger partial charge in [-0.05, 0) is 33.2 Å². The molecule has 0 aliphatic carbocycles. The maximum absolute atomic E-state index is 11.8. The van der Waals surface area contributed by atoms with Crippen molar-refractivity contribution in [2.24, 2.45) is 0 Å². The van der Waals surface area contributed by atoms with Crippen molar-refractivity contribution in [1.82, 2.24) is 10.2 Å². The molecule has 0 aromatic carbocycles. The smallest absolute Gasteiger partial charge is 0.223 e. The summed E-state index contributed by atoms with van der Waals surface area (Å²) in [6.45, 7) is 6.09. The van der Waals surface area contributed by atoms with E-state index in [0.717, 1.165) is 32.4 Å². The quantitative estimate of drug-likeness (QED) is 0.740. The number of amides is 1. The molecule has 1 heterocycles. The van der Waals surface area contributed by atoms with Crippen LogP contribution in [0, 0.1) is 0 Å². The van der Waals surface area contributed by atoms with Crippen LogP contribution in [-0.4, -0.2) is 36.5 Å². The lowest BCUT2D eigenvalue weighted by Gasteiger charge is -2.35. The maximum Gasteiger partial charge on any atom is 0.223 e. The van der Waals surface area contributed by atoms with E-state index >= 15 is 0 Å². The number of nitrogens with zero attached hydrogens (tertiary/aromatic N) is 1. The second-order valence-electron chi connectivity index (χ2n) is 4.43. The van der Waals surface area contributed by atoms with E-state index in [1.165, 1.54) is 0 Å². The van der Waals surface area contributed by atoms with Gasteiger partial charge in [0.2, 0.25) is 5.91 Å². The molecule has 3 nitrogen and oxygen atoms in total. The summed E-state index contributed by atoms with van der Waals surface area (Å²) < 4.78 is 0. The van der Waals surface area contributed by atoms with Gasteiger partial charge in [0.25, 0.3) is 0 Å². The summed E-state index contributed by atoms with van der Waals surface area (Å²) in [5, 5.41) is 3.18. The first-order chi connectivity index (χ1) is 6.64. The molecule has 14 heavy (non-hydrogen) atoms. The van der Waals surface area contributed by atoms with Gasteiger partial charge in [-0.1, -0.05) is 6.92 Å². The lowest BCUT2D eigenvalue weighted by molar-refractivity contribution is -0.134. The Bertz CT molecular complexity index is 205. The molecular formula is C11H22N2O. The summed E-state index contributed by atoms with van der Waals surface area (Å²) >= 11 is 0. The highest BCUT2D eigenvalue weighted by Gasteiger charge is 2.38. The molecule has 1 amide bonds. The van der Waals surface area contributed by atoms with Crippen molar-refractivity contribution in [3.05, 3.63) is 0 Å². The first-order valence-electron chi connectivity index (χ1n) is 5.59. The van der Waals surface area contributed by atoms with Crippen LogP contribution >= 0.6 is 0 Å². The Labute approximate surface area is 86.9 Å². The third-order valence-corrected chi connectivity index (χ3v) is 3.07. The lowest BCUT2D eigenvalue weighted by Crippen LogP contribution is -2.50. The standard InChI is InChI=1S/C11H22N2O/c1-4-6-10(14)13-8-5-7-11(13,2)9-12-3/h12H,4-9H2,1-3H3. The van der Waals surface area contributed by atoms with Crippen LogP contribution < -0.4 is 5.32 Å². The largest absolute Gasteiger partial charge is 0.336 e. The minimum absolute atomic E-state index is 0.0566. The van der Waals surface area contributed by atoms with E-state index in [-0.39, 0.29) is 5.54 Å². The molecule has 1 aliphatic rings. The molecule has 3 heteroatoms. The Hall–Kier alpha value is -0.570. The monoisotopic (exact) mass is 198 g/mol. The van der Waals surface area contributed by atoms with Gasteiger partial charge in [0, 0.05) is 19.5 Å². The number of carbonyl (C=O) groups is 1. The average Bonchev–Trinajstić information content (AvgIpc) is 2.48. The third-order valence-electron chi connectivity index (χ3n) is 3.07. The molecule has 1 saturated heterocycles. The van der Waals surface area contributed by atoms with Crippen LogP contribution in [0.2, 0.25) is 0 Å². The zero-order valence-corrected chi connectivity index (χ0v) is 9.60. The highest BCUT2D eigenvalue weighted by molar-refractivity contribution is 5.77. The highest BCUT2D eigenvalue weighted by atomic mass is 16.2. The molecule has 1 fully saturated rings. The van der Waals surface area contributed by atoms with E-state index in [9.17, 15) is 4.79 Å². The van der Waals surface area contributed by atoms with Gasteiger partial charge in [0.05, 0.1) is 5.54 Å². The average molecular weight is 198 g/mol. The molecule has 0 aromatic rings. The number of likely N-dealkylation sites (tertiary alicyclic amines) is 1. The summed E-state index contributed by atoms with van der Waals surface area (Å²) in [5.41, 5.74) is 0.0566. The van der Waals surface area contributed by atoms with Crippen LogP contribution in [-0.2, 0) is 4.79 Å². The zero-order valence-electron chi connectivity index (χ0n) is 9.60. The molecule has 0 radical (unpaired) electrons. The Morgan fingerprint density at radius 1 is 1.57 bits per heavy atom. The molecule has 0 aromatic heterocycles. The SMILES string of the molecule is CCCC(=O)N1CCCC1(C)CNC. The first kappa shape index (κ1) is 11.5. The van der Waals surface area contributed by atoms with Crippen LogP contribution in [0.5, 0.6) is 0 Å². The molecule has 1 N–H and O–H groups in total. The molecular weight excluding hydrogens is 176 g/mol. The predicted molar refractivity (Wildman–Crippen MR) is 58.2 cm³/mol. The Morgan fingerprint density at radius 2 is 2.29 bits per heavy atom. The molecule has 0 spiro atoms. The van der Waals surface area contributed by atoms with Gasteiger partial charge in [-0.2, -0.15) is 0 Å². The van der Waals surface area contributed by atoms with Crippen LogP contribution in [0.15, 0.2) is 0 Å². The molecule has 1 atom stereocenters. The van der Waals surface area contributed by atoms with Crippen molar-refractivity contribution < 1.29 is 4.79 Å². The van der Waals surface area contributed by atoms with Gasteiger partial charge >= 0.3 is 0 Å². The summed E-state index contributed by atoms with van der Waals surface area (Å²) in [6.07, 6.45) is 3.92. The van der Waals surface area contributed by atoms with E-state index in [1.807, 2.05) is 7.05 Å². The topological polar surface area (TPSA) is 32.3 Å². The number of hydrogen-bond acceptors (Lipinski definition) is 2. The zero-order chi connectivity index (χ0) is 10.6. The van der Waals surface area contributed by atoms with E-state index in [0.29, 0.717) is 12.3 Å². The van der Waals surface area contributed by atoms with Crippen molar-refractivity contribution in [2.75, 3.05) is 20.1 Å². The number of rotatable bonds is 4. The minimum atomic E-state index is 0.0566. The van der Waals surface area contributed by atoms with Crippen LogP contribution in [0.3, 0.4) is 0 Å². The maximum atomic E-state index is 11.8. The summed E-state index contributed by atoms with van der Waals surface area (Å²) in [6, 6.07) is 0. The first-order valence-corrected chi connectivity index (χ1v) is 5.59. The fourth-order valence-electron chi connectivity index (χ4n) is 2.36. The number of hydrogen-bond donors (Lipinski definition) is 1. The summed E-state index contributed by atoms with van der Waals surface area (Å²) in [4.78, 5) is 13.9. The normalized spacial score (nSPS) is 26.9. The van der Waals surface area contributed by atoms with Gasteiger partial charge < -0.3 is 10.2 Å². The summed E-state index contributed by atoms with van der Waals surface area (Å²) in [7, 11) is 1.95. The number of likely N-dealkylation sites (N-methyl/N-ethyl adjacent to an activating group) is 1. The van der Waals surface area contributed by atoms with Crippen LogP contribution in [0.25, 0.3) is 0 Å². The second kappa shape index (κ2) is 4.78. The van der Waals surface area contributed by atoms with Gasteiger partial charge in [-0.3, -0.25) is 4.79 Å². The predicted octanol–water partition coefficient (Wildman–Crippen LogP) is 1.39. The van der Waals surface area contributed by atoms with Crippen molar-refractivity contribution >= 4 is 5.91 Å². The Balaban J connectivity index is 2.62. The molecule has 1 unspecified atom stereocenters. The highest BCUT2D eigenvalue weighted by Crippen LogP contribution is 2.28.